The second-order valence-electron chi connectivity index (χ2n) is 3.73. The van der Waals surface area contributed by atoms with Gasteiger partial charge >= 0.3 is 0 Å². The number of allylic oxidation sites excluding steroid dienone is 1. The van der Waals surface area contributed by atoms with E-state index in [0.29, 0.717) is 0 Å². The van der Waals surface area contributed by atoms with E-state index in [9.17, 15) is 0 Å². The number of hydrogen-bond donors (Lipinski definition) is 0. The molecule has 0 saturated heterocycles. The smallest absolute Gasteiger partial charge is 0.0884 e. The zero-order chi connectivity index (χ0) is 9.97. The van der Waals surface area contributed by atoms with Crippen LogP contribution in [0, 0.1) is 6.92 Å². The van der Waals surface area contributed by atoms with Gasteiger partial charge in [-0.2, -0.15) is 0 Å². The summed E-state index contributed by atoms with van der Waals surface area (Å²) < 4.78 is 0. The number of nitrogens with zero attached hydrogens (tertiary/aromatic N) is 2. The SMILES string of the molecule is CC1=CC(c2cc(C)ccn2)=NCC1. The Morgan fingerprint density at radius 3 is 2.86 bits per heavy atom. The first kappa shape index (κ1) is 9.13. The minimum absolute atomic E-state index is 0.896. The number of dihydropyridines is 1. The molecule has 2 heteroatoms. The average Bonchev–Trinajstić information content (AvgIpc) is 2.18. The van der Waals surface area contributed by atoms with Gasteiger partial charge < -0.3 is 0 Å². The number of aromatic nitrogens is 1. The highest BCUT2D eigenvalue weighted by Gasteiger charge is 2.06. The normalized spacial score (nSPS) is 16.1. The Morgan fingerprint density at radius 2 is 2.14 bits per heavy atom. The summed E-state index contributed by atoms with van der Waals surface area (Å²) in [4.78, 5) is 8.79. The molecule has 14 heavy (non-hydrogen) atoms. The van der Waals surface area contributed by atoms with Crippen molar-refractivity contribution in [3.05, 3.63) is 41.2 Å². The Bertz CT molecular complexity index is 403. The predicted octanol–water partition coefficient (Wildman–Crippen LogP) is 2.53. The lowest BCUT2D eigenvalue weighted by Gasteiger charge is -2.09. The van der Waals surface area contributed by atoms with Crippen molar-refractivity contribution in [2.45, 2.75) is 20.3 Å². The van der Waals surface area contributed by atoms with E-state index in [0.717, 1.165) is 24.4 Å². The Labute approximate surface area is 84.4 Å². The van der Waals surface area contributed by atoms with E-state index in [1.54, 1.807) is 0 Å². The highest BCUT2D eigenvalue weighted by molar-refractivity contribution is 6.08. The summed E-state index contributed by atoms with van der Waals surface area (Å²) in [6.45, 7) is 5.11. The first-order chi connectivity index (χ1) is 6.75. The largest absolute Gasteiger partial charge is 0.283 e. The van der Waals surface area contributed by atoms with Crippen molar-refractivity contribution in [1.29, 1.82) is 0 Å². The molecule has 2 rings (SSSR count). The first-order valence-corrected chi connectivity index (χ1v) is 4.90. The molecule has 1 aromatic heterocycles. The first-order valence-electron chi connectivity index (χ1n) is 4.90. The summed E-state index contributed by atoms with van der Waals surface area (Å²) >= 11 is 0. The number of hydrogen-bond acceptors (Lipinski definition) is 2. The Balaban J connectivity index is 2.36. The third-order valence-corrected chi connectivity index (χ3v) is 2.35. The lowest BCUT2D eigenvalue weighted by molar-refractivity contribution is 0.933. The third kappa shape index (κ3) is 1.90. The molecule has 0 aliphatic carbocycles. The molecular formula is C12H14N2. The Hall–Kier alpha value is -1.44. The van der Waals surface area contributed by atoms with E-state index in [1.807, 2.05) is 12.3 Å². The molecule has 1 aliphatic rings. The molecule has 0 amide bonds. The van der Waals surface area contributed by atoms with E-state index < -0.39 is 0 Å². The van der Waals surface area contributed by atoms with E-state index in [4.69, 9.17) is 0 Å². The molecule has 0 radical (unpaired) electrons. The maximum absolute atomic E-state index is 4.47. The van der Waals surface area contributed by atoms with Gasteiger partial charge in [-0.3, -0.25) is 9.98 Å². The lowest BCUT2D eigenvalue weighted by Crippen LogP contribution is -2.07. The van der Waals surface area contributed by atoms with Crippen molar-refractivity contribution in [2.75, 3.05) is 6.54 Å². The fraction of sp³-hybridized carbons (Fsp3) is 0.333. The maximum Gasteiger partial charge on any atom is 0.0884 e. The maximum atomic E-state index is 4.47. The van der Waals surface area contributed by atoms with E-state index in [2.05, 4.69) is 36.0 Å². The molecule has 1 aliphatic heterocycles. The van der Waals surface area contributed by atoms with E-state index >= 15 is 0 Å². The molecule has 1 aromatic rings. The average molecular weight is 186 g/mol. The number of pyridine rings is 1. The molecule has 0 N–H and O–H groups in total. The highest BCUT2D eigenvalue weighted by Crippen LogP contribution is 2.11. The molecule has 0 saturated carbocycles. The van der Waals surface area contributed by atoms with Crippen molar-refractivity contribution >= 4 is 5.71 Å². The second kappa shape index (κ2) is 3.74. The highest BCUT2D eigenvalue weighted by atomic mass is 14.8. The molecule has 0 fully saturated rings. The van der Waals surface area contributed by atoms with Crippen molar-refractivity contribution in [2.24, 2.45) is 4.99 Å². The Morgan fingerprint density at radius 1 is 1.29 bits per heavy atom. The number of rotatable bonds is 1. The summed E-state index contributed by atoms with van der Waals surface area (Å²) in [6.07, 6.45) is 5.05. The van der Waals surface area contributed by atoms with Crippen LogP contribution < -0.4 is 0 Å². The zero-order valence-electron chi connectivity index (χ0n) is 8.62. The topological polar surface area (TPSA) is 25.2 Å². The van der Waals surface area contributed by atoms with Crippen LogP contribution in [0.5, 0.6) is 0 Å². The molecule has 0 unspecified atom stereocenters. The van der Waals surface area contributed by atoms with Crippen LogP contribution in [0.25, 0.3) is 0 Å². The Kier molecular flexibility index (Phi) is 2.44. The third-order valence-electron chi connectivity index (χ3n) is 2.35. The monoisotopic (exact) mass is 186 g/mol. The van der Waals surface area contributed by atoms with Gasteiger partial charge in [0.15, 0.2) is 0 Å². The fourth-order valence-corrected chi connectivity index (χ4v) is 1.54. The molecular weight excluding hydrogens is 172 g/mol. The summed E-state index contributed by atoms with van der Waals surface area (Å²) in [5, 5.41) is 0. The van der Waals surface area contributed by atoms with E-state index in [-0.39, 0.29) is 0 Å². The van der Waals surface area contributed by atoms with Crippen LogP contribution in [0.1, 0.15) is 24.6 Å². The van der Waals surface area contributed by atoms with Crippen LogP contribution in [-0.2, 0) is 0 Å². The van der Waals surface area contributed by atoms with Gasteiger partial charge in [-0.15, -0.1) is 0 Å². The number of aryl methyl sites for hydroxylation is 1. The van der Waals surface area contributed by atoms with Crippen molar-refractivity contribution in [3.63, 3.8) is 0 Å². The van der Waals surface area contributed by atoms with Gasteiger partial charge in [0, 0.05) is 12.7 Å². The van der Waals surface area contributed by atoms with Crippen molar-refractivity contribution in [1.82, 2.24) is 4.98 Å². The van der Waals surface area contributed by atoms with Gasteiger partial charge in [0.25, 0.3) is 0 Å². The van der Waals surface area contributed by atoms with Crippen molar-refractivity contribution in [3.8, 4) is 0 Å². The van der Waals surface area contributed by atoms with Crippen molar-refractivity contribution < 1.29 is 0 Å². The van der Waals surface area contributed by atoms with Gasteiger partial charge in [0.1, 0.15) is 0 Å². The zero-order valence-corrected chi connectivity index (χ0v) is 8.62. The molecule has 0 spiro atoms. The van der Waals surface area contributed by atoms with Crippen LogP contribution in [0.4, 0.5) is 0 Å². The molecule has 0 atom stereocenters. The van der Waals surface area contributed by atoms with Crippen LogP contribution >= 0.6 is 0 Å². The van der Waals surface area contributed by atoms with Gasteiger partial charge in [-0.1, -0.05) is 5.57 Å². The minimum atomic E-state index is 0.896. The van der Waals surface area contributed by atoms with Crippen LogP contribution in [-0.4, -0.2) is 17.2 Å². The molecule has 72 valence electrons. The molecule has 0 aromatic carbocycles. The molecule has 2 heterocycles. The summed E-state index contributed by atoms with van der Waals surface area (Å²) in [5.74, 6) is 0. The number of aliphatic imine (C=N–C) groups is 1. The summed E-state index contributed by atoms with van der Waals surface area (Å²) in [5.41, 5.74) is 4.63. The van der Waals surface area contributed by atoms with Gasteiger partial charge in [-0.05, 0) is 44.0 Å². The van der Waals surface area contributed by atoms with Crippen LogP contribution in [0.15, 0.2) is 35.0 Å². The van der Waals surface area contributed by atoms with Crippen LogP contribution in [0.3, 0.4) is 0 Å². The molecule has 2 nitrogen and oxygen atoms in total. The predicted molar refractivity (Wildman–Crippen MR) is 58.8 cm³/mol. The summed E-state index contributed by atoms with van der Waals surface area (Å²) in [7, 11) is 0. The lowest BCUT2D eigenvalue weighted by atomic mass is 10.1. The van der Waals surface area contributed by atoms with E-state index in [1.165, 1.54) is 11.1 Å². The molecule has 0 bridgehead atoms. The van der Waals surface area contributed by atoms with Crippen LogP contribution in [0.2, 0.25) is 0 Å². The van der Waals surface area contributed by atoms with Gasteiger partial charge in [0.05, 0.1) is 11.4 Å². The second-order valence-corrected chi connectivity index (χ2v) is 3.73. The minimum Gasteiger partial charge on any atom is -0.283 e. The quantitative estimate of drug-likeness (QED) is 0.661. The van der Waals surface area contributed by atoms with Gasteiger partial charge in [-0.25, -0.2) is 0 Å². The fourth-order valence-electron chi connectivity index (χ4n) is 1.54. The standard InChI is InChI=1S/C12H14N2/c1-9-3-5-13-11(7-9)12-8-10(2)4-6-14-12/h3,5,7-8H,4,6H2,1-2H3. The summed E-state index contributed by atoms with van der Waals surface area (Å²) in [6, 6.07) is 4.08. The van der Waals surface area contributed by atoms with Gasteiger partial charge in [0.2, 0.25) is 0 Å².